The molecule has 8 nitrogen and oxygen atoms in total. The van der Waals surface area contributed by atoms with Crippen molar-refractivity contribution in [1.29, 1.82) is 0 Å². The molecule has 0 fully saturated rings. The lowest BCUT2D eigenvalue weighted by atomic mass is 10.2. The van der Waals surface area contributed by atoms with E-state index in [0.717, 1.165) is 49.8 Å². The Kier molecular flexibility index (Phi) is 6.47. The highest BCUT2D eigenvalue weighted by Crippen LogP contribution is 2.18. The highest BCUT2D eigenvalue weighted by molar-refractivity contribution is 5.77. The summed E-state index contributed by atoms with van der Waals surface area (Å²) in [6.45, 7) is 5.18. The van der Waals surface area contributed by atoms with Gasteiger partial charge in [-0.3, -0.25) is 9.69 Å². The van der Waals surface area contributed by atoms with Gasteiger partial charge < -0.3 is 19.7 Å². The SMILES string of the molecule is C[C@H](NC(=O)COc1ccccc1)c1nnc2n1CCN(Cc1ccc(O)cc1)CC2. The summed E-state index contributed by atoms with van der Waals surface area (Å²) in [5, 5.41) is 21.1. The third-order valence-electron chi connectivity index (χ3n) is 5.37. The maximum absolute atomic E-state index is 12.3. The summed E-state index contributed by atoms with van der Waals surface area (Å²) in [6, 6.07) is 16.3. The number of carbonyl (C=O) groups is 1. The summed E-state index contributed by atoms with van der Waals surface area (Å²) in [6.07, 6.45) is 0.795. The van der Waals surface area contributed by atoms with Crippen LogP contribution in [-0.4, -0.2) is 50.4 Å². The number of nitrogens with one attached hydrogen (secondary N) is 1. The van der Waals surface area contributed by atoms with Gasteiger partial charge in [-0.05, 0) is 36.8 Å². The number of rotatable bonds is 7. The molecule has 1 atom stereocenters. The van der Waals surface area contributed by atoms with E-state index in [1.165, 1.54) is 0 Å². The molecule has 1 aliphatic rings. The molecule has 0 aliphatic carbocycles. The highest BCUT2D eigenvalue weighted by atomic mass is 16.5. The van der Waals surface area contributed by atoms with Gasteiger partial charge in [-0.2, -0.15) is 0 Å². The number of benzene rings is 2. The van der Waals surface area contributed by atoms with Gasteiger partial charge in [0.2, 0.25) is 0 Å². The van der Waals surface area contributed by atoms with E-state index in [1.807, 2.05) is 49.4 Å². The number of para-hydroxylation sites is 1. The largest absolute Gasteiger partial charge is 0.508 e. The van der Waals surface area contributed by atoms with Crippen LogP contribution in [0.4, 0.5) is 0 Å². The lowest BCUT2D eigenvalue weighted by Gasteiger charge is -2.20. The number of aromatic hydroxyl groups is 1. The fourth-order valence-electron chi connectivity index (χ4n) is 3.74. The fourth-order valence-corrected chi connectivity index (χ4v) is 3.74. The Morgan fingerprint density at radius 2 is 1.87 bits per heavy atom. The van der Waals surface area contributed by atoms with Crippen molar-refractivity contribution in [2.45, 2.75) is 32.5 Å². The second kappa shape index (κ2) is 9.61. The molecule has 0 bridgehead atoms. The number of hydrogen-bond acceptors (Lipinski definition) is 6. The molecule has 1 amide bonds. The smallest absolute Gasteiger partial charge is 0.258 e. The van der Waals surface area contributed by atoms with Gasteiger partial charge in [0, 0.05) is 32.6 Å². The van der Waals surface area contributed by atoms with Gasteiger partial charge in [-0.15, -0.1) is 10.2 Å². The molecule has 0 saturated heterocycles. The molecule has 1 aliphatic heterocycles. The van der Waals surface area contributed by atoms with Gasteiger partial charge in [-0.1, -0.05) is 30.3 Å². The number of ether oxygens (including phenoxy) is 1. The van der Waals surface area contributed by atoms with Crippen LogP contribution in [-0.2, 0) is 24.3 Å². The van der Waals surface area contributed by atoms with Crippen LogP contribution in [0.5, 0.6) is 11.5 Å². The normalized spacial score (nSPS) is 15.0. The third-order valence-corrected chi connectivity index (χ3v) is 5.37. The Balaban J connectivity index is 1.33. The van der Waals surface area contributed by atoms with Crippen LogP contribution in [0.3, 0.4) is 0 Å². The number of aromatic nitrogens is 3. The molecule has 3 aromatic rings. The number of phenols is 1. The Labute approximate surface area is 181 Å². The molecular weight excluding hydrogens is 394 g/mol. The monoisotopic (exact) mass is 421 g/mol. The van der Waals surface area contributed by atoms with E-state index in [-0.39, 0.29) is 24.3 Å². The van der Waals surface area contributed by atoms with E-state index in [1.54, 1.807) is 12.1 Å². The third kappa shape index (κ3) is 5.40. The maximum atomic E-state index is 12.3. The van der Waals surface area contributed by atoms with Gasteiger partial charge in [0.15, 0.2) is 12.4 Å². The summed E-state index contributed by atoms with van der Waals surface area (Å²) in [5.41, 5.74) is 1.16. The first kappa shape index (κ1) is 20.9. The molecule has 0 saturated carbocycles. The number of fused-ring (bicyclic) bond motifs is 1. The Morgan fingerprint density at radius 1 is 1.10 bits per heavy atom. The van der Waals surface area contributed by atoms with Crippen LogP contribution in [0.15, 0.2) is 54.6 Å². The summed E-state index contributed by atoms with van der Waals surface area (Å²) in [5.74, 6) is 2.44. The zero-order valence-electron chi connectivity index (χ0n) is 17.6. The van der Waals surface area contributed by atoms with Crippen LogP contribution in [0.25, 0.3) is 0 Å². The van der Waals surface area contributed by atoms with Gasteiger partial charge in [-0.25, -0.2) is 0 Å². The number of nitrogens with zero attached hydrogens (tertiary/aromatic N) is 4. The number of hydrogen-bond donors (Lipinski definition) is 2. The van der Waals surface area contributed by atoms with Gasteiger partial charge in [0.25, 0.3) is 5.91 Å². The molecule has 2 aromatic carbocycles. The molecule has 31 heavy (non-hydrogen) atoms. The van der Waals surface area contributed by atoms with Crippen molar-refractivity contribution in [2.24, 2.45) is 0 Å². The molecule has 8 heteroatoms. The first-order chi connectivity index (χ1) is 15.1. The van der Waals surface area contributed by atoms with Crippen molar-refractivity contribution in [3.05, 3.63) is 71.8 Å². The van der Waals surface area contributed by atoms with E-state index in [4.69, 9.17) is 4.74 Å². The predicted octanol–water partition coefficient (Wildman–Crippen LogP) is 2.30. The van der Waals surface area contributed by atoms with Crippen molar-refractivity contribution < 1.29 is 14.6 Å². The van der Waals surface area contributed by atoms with Gasteiger partial charge in [0.05, 0.1) is 6.04 Å². The predicted molar refractivity (Wildman–Crippen MR) is 116 cm³/mol. The van der Waals surface area contributed by atoms with Crippen LogP contribution in [0.2, 0.25) is 0 Å². The molecule has 162 valence electrons. The standard InChI is InChI=1S/C23H27N5O3/c1-17(24-22(30)16-31-20-5-3-2-4-6-20)23-26-25-21-11-12-27(13-14-28(21)23)15-18-7-9-19(29)10-8-18/h2-10,17,29H,11-16H2,1H3,(H,24,30)/t17-/m0/s1. The van der Waals surface area contributed by atoms with Gasteiger partial charge in [0.1, 0.15) is 17.3 Å². The molecule has 2 N–H and O–H groups in total. The lowest BCUT2D eigenvalue weighted by molar-refractivity contribution is -0.123. The Morgan fingerprint density at radius 3 is 2.65 bits per heavy atom. The van der Waals surface area contributed by atoms with E-state index in [2.05, 4.69) is 25.0 Å². The van der Waals surface area contributed by atoms with Crippen LogP contribution < -0.4 is 10.1 Å². The summed E-state index contributed by atoms with van der Waals surface area (Å²) in [4.78, 5) is 14.7. The van der Waals surface area contributed by atoms with Crippen molar-refractivity contribution in [3.8, 4) is 11.5 Å². The number of phenolic OH excluding ortho intramolecular Hbond substituents is 1. The molecule has 4 rings (SSSR count). The van der Waals surface area contributed by atoms with Crippen molar-refractivity contribution >= 4 is 5.91 Å². The van der Waals surface area contributed by atoms with E-state index in [9.17, 15) is 9.90 Å². The Hall–Kier alpha value is -3.39. The molecular formula is C23H27N5O3. The number of amides is 1. The lowest BCUT2D eigenvalue weighted by Crippen LogP contribution is -2.33. The van der Waals surface area contributed by atoms with Crippen LogP contribution >= 0.6 is 0 Å². The molecule has 0 radical (unpaired) electrons. The quantitative estimate of drug-likeness (QED) is 0.608. The second-order valence-electron chi connectivity index (χ2n) is 7.71. The number of carbonyl (C=O) groups excluding carboxylic acids is 1. The van der Waals surface area contributed by atoms with Crippen molar-refractivity contribution in [1.82, 2.24) is 25.0 Å². The fraction of sp³-hybridized carbons (Fsp3) is 0.348. The van der Waals surface area contributed by atoms with Crippen molar-refractivity contribution in [3.63, 3.8) is 0 Å². The zero-order valence-corrected chi connectivity index (χ0v) is 17.6. The van der Waals surface area contributed by atoms with E-state index >= 15 is 0 Å². The minimum Gasteiger partial charge on any atom is -0.508 e. The average molecular weight is 422 g/mol. The summed E-state index contributed by atoms with van der Waals surface area (Å²) in [7, 11) is 0. The topological polar surface area (TPSA) is 92.5 Å². The van der Waals surface area contributed by atoms with E-state index in [0.29, 0.717) is 5.75 Å². The maximum Gasteiger partial charge on any atom is 0.258 e. The van der Waals surface area contributed by atoms with Gasteiger partial charge >= 0.3 is 0 Å². The van der Waals surface area contributed by atoms with Crippen LogP contribution in [0, 0.1) is 0 Å². The summed E-state index contributed by atoms with van der Waals surface area (Å²) < 4.78 is 7.63. The Bertz CT molecular complexity index is 1000. The van der Waals surface area contributed by atoms with E-state index < -0.39 is 0 Å². The molecule has 1 aromatic heterocycles. The molecule has 2 heterocycles. The van der Waals surface area contributed by atoms with Crippen molar-refractivity contribution in [2.75, 3.05) is 19.7 Å². The summed E-state index contributed by atoms with van der Waals surface area (Å²) >= 11 is 0. The molecule has 0 unspecified atom stereocenters. The minimum atomic E-state index is -0.267. The minimum absolute atomic E-state index is 0.0459. The molecule has 0 spiro atoms. The first-order valence-electron chi connectivity index (χ1n) is 10.5. The average Bonchev–Trinajstić information content (AvgIpc) is 3.09. The first-order valence-corrected chi connectivity index (χ1v) is 10.5. The second-order valence-corrected chi connectivity index (χ2v) is 7.71. The zero-order chi connectivity index (χ0) is 21.6. The van der Waals surface area contributed by atoms with Crippen LogP contribution in [0.1, 0.15) is 30.2 Å². The highest BCUT2D eigenvalue weighted by Gasteiger charge is 2.23.